The van der Waals surface area contributed by atoms with Gasteiger partial charge in [-0.15, -0.1) is 0 Å². The van der Waals surface area contributed by atoms with Gasteiger partial charge in [0.2, 0.25) is 0 Å². The van der Waals surface area contributed by atoms with Gasteiger partial charge in [-0.3, -0.25) is 0 Å². The molecule has 0 bridgehead atoms. The smallest absolute Gasteiger partial charge is 0.460 e. The van der Waals surface area contributed by atoms with E-state index in [1.54, 1.807) is 24.3 Å². The molecule has 0 atom stereocenters. The average molecular weight is 628 g/mol. The number of benzene rings is 1. The molecule has 0 aliphatic rings. The minimum Gasteiger partial charge on any atom is -0.508 e. The lowest BCUT2D eigenvalue weighted by molar-refractivity contribution is -0.473. The summed E-state index contributed by atoms with van der Waals surface area (Å²) < 4.78 is 268. The summed E-state index contributed by atoms with van der Waals surface area (Å²) in [6, 6.07) is 8.71. The molecule has 0 fully saturated rings. The van der Waals surface area contributed by atoms with Gasteiger partial charge in [0, 0.05) is 6.92 Å². The molecule has 0 aliphatic carbocycles. The monoisotopic (exact) mass is 628 g/mol. The van der Waals surface area contributed by atoms with Gasteiger partial charge in [0.15, 0.2) is 0 Å². The summed E-state index contributed by atoms with van der Waals surface area (Å²) in [5.74, 6) is -75.9. The fourth-order valence-electron chi connectivity index (χ4n) is 2.06. The van der Waals surface area contributed by atoms with Crippen LogP contribution in [0, 0.1) is 0 Å². The van der Waals surface area contributed by atoms with E-state index in [-0.39, 0.29) is 0 Å². The Morgan fingerprint density at radius 2 is 0.615 bits per heavy atom. The zero-order chi connectivity index (χ0) is 32.1. The van der Waals surface area contributed by atoms with E-state index < -0.39 is 66.4 Å². The second kappa shape index (κ2) is 9.88. The summed E-state index contributed by atoms with van der Waals surface area (Å²) in [6.45, 7) is -1.40. The molecule has 230 valence electrons. The second-order valence-corrected chi connectivity index (χ2v) is 7.32. The molecule has 0 radical (unpaired) electrons. The highest BCUT2D eigenvalue weighted by Gasteiger charge is 2.97. The Morgan fingerprint density at radius 1 is 0.385 bits per heavy atom. The number of phenolic OH excluding ortho intramolecular Hbond substituents is 1. The van der Waals surface area contributed by atoms with Gasteiger partial charge in [-0.1, -0.05) is 18.2 Å². The van der Waals surface area contributed by atoms with Gasteiger partial charge in [0.1, 0.15) is 5.75 Å². The Hall–Kier alpha value is -2.45. The Kier molecular flexibility index (Phi) is 9.26. The van der Waals surface area contributed by atoms with Crippen LogP contribution >= 0.6 is 0 Å². The van der Waals surface area contributed by atoms with Gasteiger partial charge in [-0.25, -0.2) is 0 Å². The van der Waals surface area contributed by atoms with Gasteiger partial charge in [0.05, 0.1) is 0 Å². The third-order valence-electron chi connectivity index (χ3n) is 4.42. The molecule has 0 aliphatic heterocycles. The van der Waals surface area contributed by atoms with E-state index in [1.165, 1.54) is 0 Å². The first-order chi connectivity index (χ1) is 16.6. The van der Waals surface area contributed by atoms with Crippen molar-refractivity contribution < 1.29 is 97.3 Å². The summed E-state index contributed by atoms with van der Waals surface area (Å²) in [4.78, 5) is 0. The molecule has 0 unspecified atom stereocenters. The van der Waals surface area contributed by atoms with Crippen molar-refractivity contribution in [3.63, 3.8) is 0 Å². The van der Waals surface area contributed by atoms with Crippen LogP contribution in [0.5, 0.6) is 5.75 Å². The Morgan fingerprint density at radius 3 is 0.795 bits per heavy atom. The summed E-state index contributed by atoms with van der Waals surface area (Å²) >= 11 is 0. The molecule has 0 heterocycles. The topological polar surface area (TPSA) is 20.2 Å². The molecule has 1 rings (SSSR count). The molecule has 0 aromatic heterocycles. The highest BCUT2D eigenvalue weighted by Crippen LogP contribution is 2.66. The maximum absolute atomic E-state index is 13.2. The molecule has 22 heteroatoms. The number of alkyl halides is 21. The average Bonchev–Trinajstić information content (AvgIpc) is 2.72. The lowest BCUT2D eigenvalue weighted by Gasteiger charge is -2.44. The first-order valence-corrected chi connectivity index (χ1v) is 8.85. The van der Waals surface area contributed by atoms with Crippen molar-refractivity contribution in [2.24, 2.45) is 0 Å². The molecular formula is C17H9F21O. The fraction of sp³-hybridized carbons (Fsp3) is 0.647. The number of rotatable bonds is 8. The molecule has 0 saturated carbocycles. The van der Waals surface area contributed by atoms with Crippen molar-refractivity contribution in [3.05, 3.63) is 30.3 Å². The van der Waals surface area contributed by atoms with Crippen LogP contribution in [0.2, 0.25) is 0 Å². The van der Waals surface area contributed by atoms with E-state index in [0.717, 1.165) is 0 Å². The third-order valence-corrected chi connectivity index (χ3v) is 4.42. The number of para-hydroxylation sites is 1. The third kappa shape index (κ3) is 5.34. The lowest BCUT2D eigenvalue weighted by Crippen LogP contribution is -2.76. The van der Waals surface area contributed by atoms with Crippen LogP contribution in [0.4, 0.5) is 92.2 Å². The second-order valence-electron chi connectivity index (χ2n) is 7.32. The fourth-order valence-corrected chi connectivity index (χ4v) is 2.06. The molecule has 0 spiro atoms. The number of phenols is 1. The highest BCUT2D eigenvalue weighted by atomic mass is 19.4. The van der Waals surface area contributed by atoms with E-state index >= 15 is 0 Å². The predicted octanol–water partition coefficient (Wildman–Crippen LogP) is 8.68. The molecule has 0 amide bonds. The molecule has 0 saturated heterocycles. The lowest BCUT2D eigenvalue weighted by atomic mass is 9.86. The molecule has 1 nitrogen and oxygen atoms in total. The first-order valence-electron chi connectivity index (χ1n) is 8.85. The van der Waals surface area contributed by atoms with Crippen LogP contribution in [0.1, 0.15) is 6.92 Å². The summed E-state index contributed by atoms with van der Waals surface area (Å²) in [6.07, 6.45) is -7.98. The zero-order valence-electron chi connectivity index (χ0n) is 17.8. The van der Waals surface area contributed by atoms with Gasteiger partial charge < -0.3 is 5.11 Å². The quantitative estimate of drug-likeness (QED) is 0.286. The van der Waals surface area contributed by atoms with E-state index in [1.807, 2.05) is 6.07 Å². The van der Waals surface area contributed by atoms with Crippen molar-refractivity contribution in [1.29, 1.82) is 0 Å². The van der Waals surface area contributed by atoms with E-state index in [4.69, 9.17) is 5.11 Å². The predicted molar refractivity (Wildman–Crippen MR) is 84.4 cm³/mol. The number of hydrogen-bond donors (Lipinski definition) is 1. The van der Waals surface area contributed by atoms with Gasteiger partial charge >= 0.3 is 59.5 Å². The molecule has 1 N–H and O–H groups in total. The van der Waals surface area contributed by atoms with Crippen molar-refractivity contribution in [1.82, 2.24) is 0 Å². The summed E-state index contributed by atoms with van der Waals surface area (Å²) in [7, 11) is 0. The minimum absolute atomic E-state index is 0.322. The molecule has 1 aromatic rings. The van der Waals surface area contributed by atoms with Crippen molar-refractivity contribution >= 4 is 0 Å². The van der Waals surface area contributed by atoms with Crippen LogP contribution in [0.25, 0.3) is 0 Å². The van der Waals surface area contributed by atoms with E-state index in [2.05, 4.69) is 0 Å². The van der Waals surface area contributed by atoms with Crippen LogP contribution in [-0.4, -0.2) is 64.6 Å². The molecule has 1 aromatic carbocycles. The van der Waals surface area contributed by atoms with Crippen LogP contribution in [-0.2, 0) is 0 Å². The van der Waals surface area contributed by atoms with Crippen molar-refractivity contribution in [2.75, 3.05) is 0 Å². The van der Waals surface area contributed by atoms with E-state index in [0.29, 0.717) is 5.75 Å². The van der Waals surface area contributed by atoms with Gasteiger partial charge in [-0.05, 0) is 12.1 Å². The van der Waals surface area contributed by atoms with Crippen LogP contribution in [0.15, 0.2) is 30.3 Å². The SMILES string of the molecule is CC(F)(F)C(F)(F)C(F)(F)C(F)(F)C(F)(F)C(F)(F)C(F)(F)C(F)(F)C(F)(F)C(F)(F)F.Oc1ccccc1. The Labute approximate surface area is 201 Å². The zero-order valence-corrected chi connectivity index (χ0v) is 17.8. The largest absolute Gasteiger partial charge is 0.508 e. The Bertz CT molecular complexity index is 897. The van der Waals surface area contributed by atoms with E-state index in [9.17, 15) is 92.2 Å². The van der Waals surface area contributed by atoms with Gasteiger partial charge in [-0.2, -0.15) is 92.2 Å². The van der Waals surface area contributed by atoms with Crippen molar-refractivity contribution in [3.8, 4) is 5.75 Å². The van der Waals surface area contributed by atoms with Crippen molar-refractivity contribution in [2.45, 2.75) is 66.4 Å². The maximum atomic E-state index is 13.2. The standard InChI is InChI=1S/C11H3F21.C6H6O/c1-2(12,13)3(14,15)4(16,17)5(18,19)6(20,21)7(22,23)8(24,25)9(26,27)10(28,29)11(30,31)32;7-6-4-2-1-3-5-6/h1H3;1-5,7H. The summed E-state index contributed by atoms with van der Waals surface area (Å²) in [5.41, 5.74) is 0. The summed E-state index contributed by atoms with van der Waals surface area (Å²) in [5, 5.41) is 8.63. The van der Waals surface area contributed by atoms with Crippen LogP contribution in [0.3, 0.4) is 0 Å². The van der Waals surface area contributed by atoms with Gasteiger partial charge in [0.25, 0.3) is 0 Å². The molecule has 39 heavy (non-hydrogen) atoms. The first kappa shape index (κ1) is 36.5. The number of hydrogen-bond acceptors (Lipinski definition) is 1. The minimum atomic E-state index is -9.12. The number of halogens is 21. The van der Waals surface area contributed by atoms with Crippen LogP contribution < -0.4 is 0 Å². The highest BCUT2D eigenvalue weighted by molar-refractivity contribution is 5.19. The maximum Gasteiger partial charge on any atom is 0.460 e. The molecular weight excluding hydrogens is 619 g/mol. The Balaban J connectivity index is 0.00000177. The normalized spacial score (nSPS) is 15.5. The number of aromatic hydroxyl groups is 1.